The van der Waals surface area contributed by atoms with Gasteiger partial charge >= 0.3 is 0 Å². The number of amides is 1. The average Bonchev–Trinajstić information content (AvgIpc) is 3.16. The van der Waals surface area contributed by atoms with Crippen LogP contribution in [0.4, 0.5) is 0 Å². The van der Waals surface area contributed by atoms with Crippen molar-refractivity contribution < 1.29 is 9.90 Å². The first kappa shape index (κ1) is 15.7. The summed E-state index contributed by atoms with van der Waals surface area (Å²) in [5, 5.41) is 16.3. The maximum Gasteiger partial charge on any atom is 0.252 e. The van der Waals surface area contributed by atoms with E-state index in [9.17, 15) is 4.79 Å². The molecule has 6 heteroatoms. The Morgan fingerprint density at radius 2 is 2.38 bits per heavy atom. The Balaban J connectivity index is 2.02. The number of hydrogen-bond donors (Lipinski definition) is 2. The number of nitrogens with zero attached hydrogens (tertiary/aromatic N) is 1. The number of thiazole rings is 1. The zero-order chi connectivity index (χ0) is 15.1. The van der Waals surface area contributed by atoms with Crippen molar-refractivity contribution in [3.63, 3.8) is 0 Å². The van der Waals surface area contributed by atoms with Crippen molar-refractivity contribution >= 4 is 28.6 Å². The molecule has 4 nitrogen and oxygen atoms in total. The Morgan fingerprint density at radius 1 is 1.52 bits per heavy atom. The second-order valence-corrected chi connectivity index (χ2v) is 6.12. The summed E-state index contributed by atoms with van der Waals surface area (Å²) in [6.45, 7) is 2.07. The van der Waals surface area contributed by atoms with Crippen LogP contribution in [-0.4, -0.2) is 22.6 Å². The second-order valence-electron chi connectivity index (χ2n) is 4.28. The lowest BCUT2D eigenvalue weighted by Crippen LogP contribution is -2.27. The molecule has 1 amide bonds. The maximum atomic E-state index is 12.2. The summed E-state index contributed by atoms with van der Waals surface area (Å²) in [5.41, 5.74) is 0.614. The third-order valence-corrected chi connectivity index (χ3v) is 4.51. The fourth-order valence-electron chi connectivity index (χ4n) is 1.71. The number of hydrogen-bond acceptors (Lipinski definition) is 5. The predicted octanol–water partition coefficient (Wildman–Crippen LogP) is 2.82. The quantitative estimate of drug-likeness (QED) is 0.833. The Bertz CT molecular complexity index is 638. The molecule has 2 aromatic heterocycles. The maximum absolute atomic E-state index is 12.2. The van der Waals surface area contributed by atoms with Gasteiger partial charge in [0.15, 0.2) is 0 Å². The fraction of sp³-hybridized carbons (Fsp3) is 0.333. The molecule has 0 bridgehead atoms. The first-order valence-corrected chi connectivity index (χ1v) is 8.39. The van der Waals surface area contributed by atoms with Gasteiger partial charge in [0.05, 0.1) is 23.1 Å². The highest BCUT2D eigenvalue weighted by Gasteiger charge is 2.16. The Hall–Kier alpha value is -1.68. The van der Waals surface area contributed by atoms with Crippen molar-refractivity contribution in [3.05, 3.63) is 38.5 Å². The van der Waals surface area contributed by atoms with Crippen LogP contribution in [0.1, 0.15) is 46.0 Å². The molecule has 0 aliphatic rings. The standard InChI is InChI=1S/C15H16N2O2S2/c1-2-13(15-16-6-8-20-15)17-14(19)11-9-12(21-10-11)5-3-4-7-18/h6,8-10,13,18H,2,4,7H2,1H3,(H,17,19). The van der Waals surface area contributed by atoms with E-state index in [1.807, 2.05) is 12.3 Å². The summed E-state index contributed by atoms with van der Waals surface area (Å²) in [6.07, 6.45) is 2.99. The van der Waals surface area contributed by atoms with Gasteiger partial charge in [0, 0.05) is 23.4 Å². The minimum Gasteiger partial charge on any atom is -0.395 e. The lowest BCUT2D eigenvalue weighted by molar-refractivity contribution is 0.0936. The van der Waals surface area contributed by atoms with Gasteiger partial charge in [-0.25, -0.2) is 4.98 Å². The van der Waals surface area contributed by atoms with E-state index in [4.69, 9.17) is 5.11 Å². The van der Waals surface area contributed by atoms with Crippen LogP contribution >= 0.6 is 22.7 Å². The molecule has 1 atom stereocenters. The van der Waals surface area contributed by atoms with Gasteiger partial charge in [0.2, 0.25) is 0 Å². The number of aliphatic hydroxyl groups excluding tert-OH is 1. The lowest BCUT2D eigenvalue weighted by atomic mass is 10.2. The molecule has 2 N–H and O–H groups in total. The van der Waals surface area contributed by atoms with Crippen molar-refractivity contribution in [2.75, 3.05) is 6.61 Å². The molecule has 2 heterocycles. The summed E-state index contributed by atoms with van der Waals surface area (Å²) in [7, 11) is 0. The van der Waals surface area contributed by atoms with E-state index >= 15 is 0 Å². The highest BCUT2D eigenvalue weighted by Crippen LogP contribution is 2.20. The second kappa shape index (κ2) is 7.93. The Kier molecular flexibility index (Phi) is 5.93. The van der Waals surface area contributed by atoms with E-state index in [-0.39, 0.29) is 18.6 Å². The zero-order valence-electron chi connectivity index (χ0n) is 11.6. The third-order valence-electron chi connectivity index (χ3n) is 2.77. The molecular formula is C15H16N2O2S2. The summed E-state index contributed by atoms with van der Waals surface area (Å²) >= 11 is 2.97. The van der Waals surface area contributed by atoms with E-state index in [1.165, 1.54) is 11.3 Å². The number of aromatic nitrogens is 1. The first-order chi connectivity index (χ1) is 10.2. The van der Waals surface area contributed by atoms with Crippen molar-refractivity contribution in [1.82, 2.24) is 10.3 Å². The van der Waals surface area contributed by atoms with Crippen LogP contribution in [0.3, 0.4) is 0 Å². The number of thiophene rings is 1. The minimum absolute atomic E-state index is 0.0533. The highest BCUT2D eigenvalue weighted by atomic mass is 32.1. The molecule has 2 aromatic rings. The number of carbonyl (C=O) groups excluding carboxylic acids is 1. The number of rotatable bonds is 5. The molecule has 0 aliphatic heterocycles. The molecule has 110 valence electrons. The molecule has 0 saturated heterocycles. The monoisotopic (exact) mass is 320 g/mol. The van der Waals surface area contributed by atoms with Crippen LogP contribution in [0.5, 0.6) is 0 Å². The van der Waals surface area contributed by atoms with Gasteiger partial charge in [-0.1, -0.05) is 18.8 Å². The van der Waals surface area contributed by atoms with Crippen molar-refractivity contribution in [1.29, 1.82) is 0 Å². The minimum atomic E-state index is -0.108. The summed E-state index contributed by atoms with van der Waals surface area (Å²) < 4.78 is 0. The summed E-state index contributed by atoms with van der Waals surface area (Å²) in [4.78, 5) is 17.3. The van der Waals surface area contributed by atoms with Crippen LogP contribution in [0, 0.1) is 11.8 Å². The molecule has 0 radical (unpaired) electrons. The van der Waals surface area contributed by atoms with Crippen LogP contribution in [-0.2, 0) is 0 Å². The van der Waals surface area contributed by atoms with Crippen LogP contribution in [0.25, 0.3) is 0 Å². The van der Waals surface area contributed by atoms with Crippen molar-refractivity contribution in [3.8, 4) is 11.8 Å². The SMILES string of the molecule is CCC(NC(=O)c1csc(C#CCCO)c1)c1nccs1. The van der Waals surface area contributed by atoms with Gasteiger partial charge in [0.25, 0.3) is 5.91 Å². The van der Waals surface area contributed by atoms with Gasteiger partial charge < -0.3 is 10.4 Å². The van der Waals surface area contributed by atoms with Crippen LogP contribution in [0.15, 0.2) is 23.0 Å². The first-order valence-electron chi connectivity index (χ1n) is 6.63. The largest absolute Gasteiger partial charge is 0.395 e. The van der Waals surface area contributed by atoms with E-state index in [0.717, 1.165) is 16.3 Å². The number of aliphatic hydroxyl groups is 1. The summed E-state index contributed by atoms with van der Waals surface area (Å²) in [6, 6.07) is 1.72. The van der Waals surface area contributed by atoms with Crippen molar-refractivity contribution in [2.24, 2.45) is 0 Å². The number of nitrogens with one attached hydrogen (secondary N) is 1. The van der Waals surface area contributed by atoms with Gasteiger partial charge in [-0.05, 0) is 12.5 Å². The van der Waals surface area contributed by atoms with Crippen LogP contribution < -0.4 is 5.32 Å². The molecular weight excluding hydrogens is 304 g/mol. The topological polar surface area (TPSA) is 62.2 Å². The normalized spacial score (nSPS) is 11.5. The average molecular weight is 320 g/mol. The van der Waals surface area contributed by atoms with Crippen LogP contribution in [0.2, 0.25) is 0 Å². The zero-order valence-corrected chi connectivity index (χ0v) is 13.3. The van der Waals surface area contributed by atoms with E-state index in [2.05, 4.69) is 22.1 Å². The molecule has 0 fully saturated rings. The smallest absolute Gasteiger partial charge is 0.252 e. The van der Waals surface area contributed by atoms with Gasteiger partial charge in [0.1, 0.15) is 5.01 Å². The molecule has 0 aliphatic carbocycles. The molecule has 0 spiro atoms. The molecule has 2 rings (SSSR count). The molecule has 0 saturated carbocycles. The fourth-order valence-corrected chi connectivity index (χ4v) is 3.24. The van der Waals surface area contributed by atoms with Gasteiger partial charge in [-0.3, -0.25) is 4.79 Å². The summed E-state index contributed by atoms with van der Waals surface area (Å²) in [5.74, 6) is 5.67. The Morgan fingerprint density at radius 3 is 3.05 bits per heavy atom. The van der Waals surface area contributed by atoms with E-state index < -0.39 is 0 Å². The predicted molar refractivity (Wildman–Crippen MR) is 85.5 cm³/mol. The van der Waals surface area contributed by atoms with E-state index in [0.29, 0.717) is 12.0 Å². The van der Waals surface area contributed by atoms with Gasteiger partial charge in [-0.15, -0.1) is 22.7 Å². The number of carbonyl (C=O) groups is 1. The van der Waals surface area contributed by atoms with Crippen molar-refractivity contribution in [2.45, 2.75) is 25.8 Å². The van der Waals surface area contributed by atoms with Gasteiger partial charge in [-0.2, -0.15) is 0 Å². The molecule has 21 heavy (non-hydrogen) atoms. The molecule has 0 aromatic carbocycles. The Labute approximate surface area is 131 Å². The lowest BCUT2D eigenvalue weighted by Gasteiger charge is -2.13. The molecule has 1 unspecified atom stereocenters. The third kappa shape index (κ3) is 4.39. The highest BCUT2D eigenvalue weighted by molar-refractivity contribution is 7.10. The van der Waals surface area contributed by atoms with E-state index in [1.54, 1.807) is 29.0 Å².